The monoisotopic (exact) mass is 385 g/mol. The van der Waals surface area contributed by atoms with Gasteiger partial charge in [0.1, 0.15) is 5.75 Å². The average molecular weight is 386 g/mol. The fourth-order valence-corrected chi connectivity index (χ4v) is 4.54. The Morgan fingerprint density at radius 2 is 2.04 bits per heavy atom. The van der Waals surface area contributed by atoms with Crippen molar-refractivity contribution in [3.05, 3.63) is 64.2 Å². The number of carbonyl (C=O) groups is 1. The summed E-state index contributed by atoms with van der Waals surface area (Å²) < 4.78 is 10.3. The van der Waals surface area contributed by atoms with Crippen LogP contribution < -0.4 is 4.74 Å². The minimum absolute atomic E-state index is 0.000931. The maximum absolute atomic E-state index is 13.1. The first-order valence-electron chi connectivity index (χ1n) is 9.46. The molecule has 1 saturated heterocycles. The molecule has 2 aromatic carbocycles. The summed E-state index contributed by atoms with van der Waals surface area (Å²) >= 11 is 6.42. The lowest BCUT2D eigenvalue weighted by Gasteiger charge is -2.25. The van der Waals surface area contributed by atoms with Gasteiger partial charge in [0.2, 0.25) is 5.91 Å². The topological polar surface area (TPSA) is 38.8 Å². The molecule has 4 nitrogen and oxygen atoms in total. The SMILES string of the molecule is COCOc1ccc(CC2CCN(C3CCc4ccccc43)C2=O)c(Cl)c1. The molecule has 1 aliphatic heterocycles. The number of likely N-dealkylation sites (tertiary alicyclic amines) is 1. The van der Waals surface area contributed by atoms with Gasteiger partial charge >= 0.3 is 0 Å². The number of fused-ring (bicyclic) bond motifs is 1. The van der Waals surface area contributed by atoms with E-state index >= 15 is 0 Å². The maximum Gasteiger partial charge on any atom is 0.226 e. The van der Waals surface area contributed by atoms with E-state index in [1.165, 1.54) is 11.1 Å². The second-order valence-corrected chi connectivity index (χ2v) is 7.69. The van der Waals surface area contributed by atoms with E-state index in [0.717, 1.165) is 31.4 Å². The summed E-state index contributed by atoms with van der Waals surface area (Å²) in [5, 5.41) is 0.640. The highest BCUT2D eigenvalue weighted by atomic mass is 35.5. The Hall–Kier alpha value is -2.04. The largest absolute Gasteiger partial charge is 0.468 e. The van der Waals surface area contributed by atoms with Crippen LogP contribution in [-0.2, 0) is 22.4 Å². The highest BCUT2D eigenvalue weighted by Crippen LogP contribution is 2.39. The van der Waals surface area contributed by atoms with Crippen LogP contribution >= 0.6 is 11.6 Å². The molecule has 2 atom stereocenters. The van der Waals surface area contributed by atoms with Crippen LogP contribution in [0.3, 0.4) is 0 Å². The standard InChI is InChI=1S/C22H24ClNO3/c1-26-14-27-18-8-6-16(20(23)13-18)12-17-10-11-24(22(17)25)21-9-7-15-4-2-3-5-19(15)21/h2-6,8,13,17,21H,7,9-12,14H2,1H3. The molecule has 0 radical (unpaired) electrons. The Kier molecular flexibility index (Phi) is 5.37. The second-order valence-electron chi connectivity index (χ2n) is 7.28. The van der Waals surface area contributed by atoms with E-state index in [4.69, 9.17) is 21.1 Å². The van der Waals surface area contributed by atoms with Gasteiger partial charge in [0, 0.05) is 24.6 Å². The van der Waals surface area contributed by atoms with Crippen LogP contribution in [0.25, 0.3) is 0 Å². The molecule has 4 rings (SSSR count). The highest BCUT2D eigenvalue weighted by Gasteiger charge is 2.38. The molecule has 1 fully saturated rings. The third-order valence-electron chi connectivity index (χ3n) is 5.66. The predicted molar refractivity (Wildman–Crippen MR) is 105 cm³/mol. The van der Waals surface area contributed by atoms with Gasteiger partial charge in [0.15, 0.2) is 6.79 Å². The van der Waals surface area contributed by atoms with Gasteiger partial charge in [-0.2, -0.15) is 0 Å². The van der Waals surface area contributed by atoms with Crippen LogP contribution in [0.4, 0.5) is 0 Å². The zero-order valence-corrected chi connectivity index (χ0v) is 16.2. The van der Waals surface area contributed by atoms with Crippen molar-refractivity contribution < 1.29 is 14.3 Å². The fraction of sp³-hybridized carbons (Fsp3) is 0.409. The van der Waals surface area contributed by atoms with Gasteiger partial charge in [-0.25, -0.2) is 0 Å². The van der Waals surface area contributed by atoms with Crippen molar-refractivity contribution in [1.82, 2.24) is 4.90 Å². The van der Waals surface area contributed by atoms with Crippen molar-refractivity contribution >= 4 is 17.5 Å². The van der Waals surface area contributed by atoms with E-state index in [-0.39, 0.29) is 24.7 Å². The van der Waals surface area contributed by atoms with Crippen molar-refractivity contribution in [3.63, 3.8) is 0 Å². The Morgan fingerprint density at radius 1 is 1.19 bits per heavy atom. The number of halogens is 1. The van der Waals surface area contributed by atoms with Gasteiger partial charge in [0.05, 0.1) is 6.04 Å². The van der Waals surface area contributed by atoms with Gasteiger partial charge in [-0.15, -0.1) is 0 Å². The quantitative estimate of drug-likeness (QED) is 0.692. The van der Waals surface area contributed by atoms with E-state index in [0.29, 0.717) is 17.2 Å². The number of aryl methyl sites for hydroxylation is 1. The summed E-state index contributed by atoms with van der Waals surface area (Å²) in [6.45, 7) is 1.02. The number of ether oxygens (including phenoxy) is 2. The lowest BCUT2D eigenvalue weighted by atomic mass is 9.97. The fourth-order valence-electron chi connectivity index (χ4n) is 4.30. The van der Waals surface area contributed by atoms with Crippen LogP contribution in [-0.4, -0.2) is 31.3 Å². The summed E-state index contributed by atoms with van der Waals surface area (Å²) in [4.78, 5) is 15.2. The number of benzene rings is 2. The van der Waals surface area contributed by atoms with E-state index in [1.54, 1.807) is 13.2 Å². The molecule has 5 heteroatoms. The smallest absolute Gasteiger partial charge is 0.226 e. The first kappa shape index (κ1) is 18.3. The predicted octanol–water partition coefficient (Wildman–Crippen LogP) is 4.40. The molecule has 1 heterocycles. The zero-order valence-electron chi connectivity index (χ0n) is 15.5. The van der Waals surface area contributed by atoms with Crippen molar-refractivity contribution in [2.45, 2.75) is 31.7 Å². The summed E-state index contributed by atoms with van der Waals surface area (Å²) in [5.74, 6) is 0.932. The first-order chi connectivity index (χ1) is 13.2. The molecule has 0 saturated carbocycles. The summed E-state index contributed by atoms with van der Waals surface area (Å²) in [7, 11) is 1.58. The second kappa shape index (κ2) is 7.91. The number of hydrogen-bond donors (Lipinski definition) is 0. The molecule has 0 N–H and O–H groups in total. The number of hydrogen-bond acceptors (Lipinski definition) is 3. The van der Waals surface area contributed by atoms with Gasteiger partial charge in [-0.1, -0.05) is 41.9 Å². The molecule has 0 spiro atoms. The molecule has 142 valence electrons. The van der Waals surface area contributed by atoms with Gasteiger partial charge in [-0.05, 0) is 54.5 Å². The highest BCUT2D eigenvalue weighted by molar-refractivity contribution is 6.31. The summed E-state index contributed by atoms with van der Waals surface area (Å²) in [5.41, 5.74) is 3.70. The average Bonchev–Trinajstić information content (AvgIpc) is 3.25. The zero-order chi connectivity index (χ0) is 18.8. The van der Waals surface area contributed by atoms with E-state index in [1.807, 2.05) is 12.1 Å². The van der Waals surface area contributed by atoms with Crippen LogP contribution in [0.5, 0.6) is 5.75 Å². The van der Waals surface area contributed by atoms with E-state index in [2.05, 4.69) is 29.2 Å². The third-order valence-corrected chi connectivity index (χ3v) is 6.01. The van der Waals surface area contributed by atoms with Gasteiger partial charge in [-0.3, -0.25) is 4.79 Å². The van der Waals surface area contributed by atoms with Crippen molar-refractivity contribution in [2.75, 3.05) is 20.4 Å². The number of carbonyl (C=O) groups excluding carboxylic acids is 1. The molecule has 1 amide bonds. The first-order valence-corrected chi connectivity index (χ1v) is 9.83. The third kappa shape index (κ3) is 3.69. The molecular weight excluding hydrogens is 362 g/mol. The lowest BCUT2D eigenvalue weighted by molar-refractivity contribution is -0.133. The number of methoxy groups -OCH3 is 1. The van der Waals surface area contributed by atoms with E-state index in [9.17, 15) is 4.79 Å². The Bertz CT molecular complexity index is 838. The Balaban J connectivity index is 1.44. The molecule has 0 aromatic heterocycles. The number of amides is 1. The molecular formula is C22H24ClNO3. The van der Waals surface area contributed by atoms with Crippen LogP contribution in [0.15, 0.2) is 42.5 Å². The summed E-state index contributed by atoms with van der Waals surface area (Å²) in [6.07, 6.45) is 3.65. The normalized spacial score (nSPS) is 21.6. The van der Waals surface area contributed by atoms with Crippen molar-refractivity contribution in [3.8, 4) is 5.75 Å². The van der Waals surface area contributed by atoms with Crippen LogP contribution in [0.2, 0.25) is 5.02 Å². The number of rotatable bonds is 6. The molecule has 2 unspecified atom stereocenters. The number of nitrogens with zero attached hydrogens (tertiary/aromatic N) is 1. The molecule has 0 bridgehead atoms. The summed E-state index contributed by atoms with van der Waals surface area (Å²) in [6, 6.07) is 14.4. The van der Waals surface area contributed by atoms with Crippen molar-refractivity contribution in [2.24, 2.45) is 5.92 Å². The Morgan fingerprint density at radius 3 is 2.85 bits per heavy atom. The Labute approximate surface area is 165 Å². The van der Waals surface area contributed by atoms with Crippen molar-refractivity contribution in [1.29, 1.82) is 0 Å². The van der Waals surface area contributed by atoms with E-state index < -0.39 is 0 Å². The van der Waals surface area contributed by atoms with Gasteiger partial charge < -0.3 is 14.4 Å². The minimum atomic E-state index is 0.000931. The van der Waals surface area contributed by atoms with Gasteiger partial charge in [0.25, 0.3) is 0 Å². The maximum atomic E-state index is 13.1. The molecule has 2 aliphatic rings. The lowest BCUT2D eigenvalue weighted by Crippen LogP contribution is -2.31. The molecule has 2 aromatic rings. The van der Waals surface area contributed by atoms with Crippen LogP contribution in [0, 0.1) is 5.92 Å². The molecule has 27 heavy (non-hydrogen) atoms. The minimum Gasteiger partial charge on any atom is -0.468 e. The van der Waals surface area contributed by atoms with Crippen LogP contribution in [0.1, 0.15) is 35.6 Å². The molecule has 1 aliphatic carbocycles.